The van der Waals surface area contributed by atoms with Gasteiger partial charge in [0.05, 0.1) is 10.4 Å². The minimum absolute atomic E-state index is 0.500. The molecule has 0 amide bonds. The second-order valence-electron chi connectivity index (χ2n) is 4.41. The summed E-state index contributed by atoms with van der Waals surface area (Å²) >= 11 is 4.36. The molecule has 0 aliphatic carbocycles. The lowest BCUT2D eigenvalue weighted by atomic mass is 10.2. The van der Waals surface area contributed by atoms with E-state index in [1.807, 2.05) is 12.5 Å². The summed E-state index contributed by atoms with van der Waals surface area (Å²) < 4.78 is 2.68. The molecule has 0 bridgehead atoms. The maximum Gasteiger partial charge on any atom is 0.0945 e. The second-order valence-corrected chi connectivity index (χ2v) is 7.89. The van der Waals surface area contributed by atoms with Gasteiger partial charge in [-0.25, -0.2) is 4.98 Å². The van der Waals surface area contributed by atoms with E-state index in [0.29, 0.717) is 4.08 Å². The molecule has 2 rings (SSSR count). The van der Waals surface area contributed by atoms with Gasteiger partial charge in [0.2, 0.25) is 0 Å². The van der Waals surface area contributed by atoms with Gasteiger partial charge in [-0.15, -0.1) is 23.5 Å². The summed E-state index contributed by atoms with van der Waals surface area (Å²) in [4.78, 5) is 4.07. The first kappa shape index (κ1) is 12.4. The molecule has 16 heavy (non-hydrogen) atoms. The lowest BCUT2D eigenvalue weighted by molar-refractivity contribution is 0.573. The maximum atomic E-state index is 4.07. The molecule has 0 saturated carbocycles. The van der Waals surface area contributed by atoms with Gasteiger partial charge < -0.3 is 4.57 Å². The lowest BCUT2D eigenvalue weighted by Crippen LogP contribution is -2.16. The molecule has 1 aliphatic rings. The molecule has 1 aliphatic heterocycles. The van der Waals surface area contributed by atoms with Crippen molar-refractivity contribution in [1.29, 1.82) is 0 Å². The van der Waals surface area contributed by atoms with E-state index in [0.717, 1.165) is 11.8 Å². The van der Waals surface area contributed by atoms with Crippen molar-refractivity contribution >= 4 is 23.5 Å². The monoisotopic (exact) mass is 256 g/mol. The highest BCUT2D eigenvalue weighted by Gasteiger charge is 2.36. The second kappa shape index (κ2) is 5.50. The van der Waals surface area contributed by atoms with Crippen LogP contribution >= 0.6 is 23.5 Å². The normalized spacial score (nSPS) is 29.8. The van der Waals surface area contributed by atoms with Crippen LogP contribution in [0.1, 0.15) is 33.1 Å². The van der Waals surface area contributed by atoms with Gasteiger partial charge >= 0.3 is 0 Å². The Labute approximate surface area is 107 Å². The zero-order chi connectivity index (χ0) is 11.4. The predicted molar refractivity (Wildman–Crippen MR) is 74.0 cm³/mol. The van der Waals surface area contributed by atoms with Gasteiger partial charge in [0.25, 0.3) is 0 Å². The molecule has 0 N–H and O–H groups in total. The Hall–Kier alpha value is -0.0900. The number of hydrogen-bond acceptors (Lipinski definition) is 3. The van der Waals surface area contributed by atoms with Crippen molar-refractivity contribution in [2.45, 2.75) is 49.0 Å². The first-order valence-electron chi connectivity index (χ1n) is 6.01. The SMILES string of the molecule is CCC1(CCCn2ccnc2)SCC(C)S1. The van der Waals surface area contributed by atoms with E-state index < -0.39 is 0 Å². The highest BCUT2D eigenvalue weighted by Crippen LogP contribution is 2.52. The van der Waals surface area contributed by atoms with E-state index in [9.17, 15) is 0 Å². The zero-order valence-corrected chi connectivity index (χ0v) is 11.7. The summed E-state index contributed by atoms with van der Waals surface area (Å²) in [6.45, 7) is 5.79. The molecule has 1 fully saturated rings. The van der Waals surface area contributed by atoms with Crippen molar-refractivity contribution in [1.82, 2.24) is 9.55 Å². The lowest BCUT2D eigenvalue weighted by Gasteiger charge is -2.26. The predicted octanol–water partition coefficient (Wildman–Crippen LogP) is 3.64. The smallest absolute Gasteiger partial charge is 0.0945 e. The van der Waals surface area contributed by atoms with Gasteiger partial charge in [0.15, 0.2) is 0 Å². The van der Waals surface area contributed by atoms with Crippen molar-refractivity contribution in [3.05, 3.63) is 18.7 Å². The molecule has 2 nitrogen and oxygen atoms in total. The van der Waals surface area contributed by atoms with E-state index in [-0.39, 0.29) is 0 Å². The van der Waals surface area contributed by atoms with Crippen LogP contribution in [0.15, 0.2) is 18.7 Å². The summed E-state index contributed by atoms with van der Waals surface area (Å²) in [5.74, 6) is 1.32. The number of aryl methyl sites for hydroxylation is 1. The highest BCUT2D eigenvalue weighted by molar-refractivity contribution is 8.21. The number of rotatable bonds is 5. The minimum Gasteiger partial charge on any atom is -0.337 e. The Kier molecular flexibility index (Phi) is 4.25. The molecule has 0 spiro atoms. The van der Waals surface area contributed by atoms with Crippen LogP contribution in [0.25, 0.3) is 0 Å². The van der Waals surface area contributed by atoms with Crippen molar-refractivity contribution in [3.8, 4) is 0 Å². The molecule has 2 atom stereocenters. The fourth-order valence-corrected chi connectivity index (χ4v) is 5.79. The molecule has 1 aromatic heterocycles. The van der Waals surface area contributed by atoms with Crippen molar-refractivity contribution < 1.29 is 0 Å². The van der Waals surface area contributed by atoms with Gasteiger partial charge in [0, 0.05) is 29.9 Å². The van der Waals surface area contributed by atoms with E-state index in [1.54, 1.807) is 0 Å². The summed E-state index contributed by atoms with van der Waals surface area (Å²) in [5.41, 5.74) is 0. The molecular weight excluding hydrogens is 236 g/mol. The Morgan fingerprint density at radius 3 is 3.00 bits per heavy atom. The quantitative estimate of drug-likeness (QED) is 0.801. The number of hydrogen-bond donors (Lipinski definition) is 0. The third-order valence-electron chi connectivity index (χ3n) is 3.07. The maximum absolute atomic E-state index is 4.07. The average molecular weight is 256 g/mol. The van der Waals surface area contributed by atoms with Crippen molar-refractivity contribution in [2.75, 3.05) is 5.75 Å². The van der Waals surface area contributed by atoms with Crippen LogP contribution in [-0.2, 0) is 6.54 Å². The largest absolute Gasteiger partial charge is 0.337 e. The van der Waals surface area contributed by atoms with E-state index >= 15 is 0 Å². The van der Waals surface area contributed by atoms with Crippen molar-refractivity contribution in [2.24, 2.45) is 0 Å². The molecule has 90 valence electrons. The number of aromatic nitrogens is 2. The van der Waals surface area contributed by atoms with Crippen LogP contribution in [0.4, 0.5) is 0 Å². The minimum atomic E-state index is 0.500. The van der Waals surface area contributed by atoms with Crippen molar-refractivity contribution in [3.63, 3.8) is 0 Å². The fraction of sp³-hybridized carbons (Fsp3) is 0.750. The molecule has 0 radical (unpaired) electrons. The standard InChI is InChI=1S/C12H20N2S2/c1-3-12(15-9-11(2)16-12)5-4-7-14-8-6-13-10-14/h6,8,10-11H,3-5,7,9H2,1-2H3. The first-order chi connectivity index (χ1) is 7.74. The average Bonchev–Trinajstić information content (AvgIpc) is 2.89. The topological polar surface area (TPSA) is 17.8 Å². The number of nitrogens with zero attached hydrogens (tertiary/aromatic N) is 2. The van der Waals surface area contributed by atoms with E-state index in [2.05, 4.69) is 53.1 Å². The Morgan fingerprint density at radius 2 is 2.44 bits per heavy atom. The molecule has 1 aromatic rings. The molecule has 2 heterocycles. The third kappa shape index (κ3) is 2.98. The molecule has 0 aromatic carbocycles. The molecular formula is C12H20N2S2. The first-order valence-corrected chi connectivity index (χ1v) is 7.88. The highest BCUT2D eigenvalue weighted by atomic mass is 32.2. The summed E-state index contributed by atoms with van der Waals surface area (Å²) in [6.07, 6.45) is 9.69. The fourth-order valence-electron chi connectivity index (χ4n) is 2.15. The summed E-state index contributed by atoms with van der Waals surface area (Å²) in [6, 6.07) is 0. The Morgan fingerprint density at radius 1 is 1.56 bits per heavy atom. The van der Waals surface area contributed by atoms with Gasteiger partial charge in [-0.05, 0) is 19.3 Å². The number of thioether (sulfide) groups is 2. The molecule has 4 heteroatoms. The van der Waals surface area contributed by atoms with Crippen LogP contribution in [0.3, 0.4) is 0 Å². The summed E-state index contributed by atoms with van der Waals surface area (Å²) in [5, 5.41) is 0.832. The van der Waals surface area contributed by atoms with Gasteiger partial charge in [-0.3, -0.25) is 0 Å². The van der Waals surface area contributed by atoms with Crippen LogP contribution in [0.2, 0.25) is 0 Å². The molecule has 2 unspecified atom stereocenters. The summed E-state index contributed by atoms with van der Waals surface area (Å²) in [7, 11) is 0. The van der Waals surface area contributed by atoms with Crippen LogP contribution in [0, 0.1) is 0 Å². The van der Waals surface area contributed by atoms with Gasteiger partial charge in [-0.2, -0.15) is 0 Å². The van der Waals surface area contributed by atoms with Gasteiger partial charge in [-0.1, -0.05) is 13.8 Å². The Balaban J connectivity index is 1.79. The third-order valence-corrected chi connectivity index (χ3v) is 7.10. The van der Waals surface area contributed by atoms with E-state index in [1.165, 1.54) is 25.0 Å². The van der Waals surface area contributed by atoms with Crippen LogP contribution in [0.5, 0.6) is 0 Å². The van der Waals surface area contributed by atoms with Gasteiger partial charge in [0.1, 0.15) is 0 Å². The van der Waals surface area contributed by atoms with Crippen LogP contribution in [-0.4, -0.2) is 24.6 Å². The number of imidazole rings is 1. The Bertz CT molecular complexity index is 313. The van der Waals surface area contributed by atoms with E-state index in [4.69, 9.17) is 0 Å². The molecule has 1 saturated heterocycles. The van der Waals surface area contributed by atoms with Crippen LogP contribution < -0.4 is 0 Å². The zero-order valence-electron chi connectivity index (χ0n) is 10.1.